The third-order valence-electron chi connectivity index (χ3n) is 4.86. The minimum atomic E-state index is 0.389. The fourth-order valence-corrected chi connectivity index (χ4v) is 3.62. The summed E-state index contributed by atoms with van der Waals surface area (Å²) < 4.78 is 0. The van der Waals surface area contributed by atoms with E-state index in [4.69, 9.17) is 0 Å². The second-order valence-corrected chi connectivity index (χ2v) is 6.07. The largest absolute Gasteiger partial charge is 0.340 e. The topological polar surface area (TPSA) is 20.3 Å². The van der Waals surface area contributed by atoms with E-state index in [0.717, 1.165) is 31.2 Å². The van der Waals surface area contributed by atoms with Gasteiger partial charge >= 0.3 is 0 Å². The molecule has 2 aliphatic rings. The van der Waals surface area contributed by atoms with Crippen LogP contribution in [0.4, 0.5) is 0 Å². The van der Waals surface area contributed by atoms with E-state index in [1.54, 1.807) is 0 Å². The molecule has 0 aromatic rings. The molecule has 0 spiro atoms. The predicted molar refractivity (Wildman–Crippen MR) is 70.8 cm³/mol. The van der Waals surface area contributed by atoms with Crippen LogP contribution in [-0.2, 0) is 4.79 Å². The monoisotopic (exact) mass is 237 g/mol. The van der Waals surface area contributed by atoms with Gasteiger partial charge in [0.15, 0.2) is 0 Å². The maximum absolute atomic E-state index is 11.7. The third kappa shape index (κ3) is 3.23. The highest BCUT2D eigenvalue weighted by atomic mass is 16.2. The summed E-state index contributed by atoms with van der Waals surface area (Å²) in [5.41, 5.74) is 0. The smallest absolute Gasteiger partial charge is 0.222 e. The molecule has 0 radical (unpaired) electrons. The SMILES string of the molecule is CCC1CCC(CC(C)N2CCCC2=O)CC1. The molecular weight excluding hydrogens is 210 g/mol. The van der Waals surface area contributed by atoms with Crippen LogP contribution in [0.3, 0.4) is 0 Å². The average Bonchev–Trinajstić information content (AvgIpc) is 2.76. The van der Waals surface area contributed by atoms with Crippen LogP contribution in [0.25, 0.3) is 0 Å². The third-order valence-corrected chi connectivity index (χ3v) is 4.86. The average molecular weight is 237 g/mol. The fourth-order valence-electron chi connectivity index (χ4n) is 3.62. The molecule has 2 nitrogen and oxygen atoms in total. The second kappa shape index (κ2) is 5.88. The molecule has 0 aromatic heterocycles. The molecular formula is C15H27NO. The van der Waals surface area contributed by atoms with Crippen LogP contribution >= 0.6 is 0 Å². The molecule has 1 aliphatic carbocycles. The van der Waals surface area contributed by atoms with Crippen molar-refractivity contribution in [2.75, 3.05) is 6.54 Å². The van der Waals surface area contributed by atoms with E-state index < -0.39 is 0 Å². The number of carbonyl (C=O) groups excluding carboxylic acids is 1. The zero-order valence-corrected chi connectivity index (χ0v) is 11.5. The van der Waals surface area contributed by atoms with Crippen LogP contribution in [0.1, 0.15) is 65.2 Å². The summed E-state index contributed by atoms with van der Waals surface area (Å²) in [5, 5.41) is 0. The van der Waals surface area contributed by atoms with Gasteiger partial charge in [0.2, 0.25) is 5.91 Å². The Morgan fingerprint density at radius 1 is 1.24 bits per heavy atom. The number of hydrogen-bond acceptors (Lipinski definition) is 1. The van der Waals surface area contributed by atoms with Crippen molar-refractivity contribution < 1.29 is 4.79 Å². The van der Waals surface area contributed by atoms with Gasteiger partial charge in [-0.15, -0.1) is 0 Å². The highest BCUT2D eigenvalue weighted by molar-refractivity contribution is 5.78. The van der Waals surface area contributed by atoms with E-state index in [0.29, 0.717) is 11.9 Å². The Morgan fingerprint density at radius 3 is 2.41 bits per heavy atom. The first-order valence-corrected chi connectivity index (χ1v) is 7.50. The molecule has 0 bridgehead atoms. The van der Waals surface area contributed by atoms with Crippen LogP contribution in [0.15, 0.2) is 0 Å². The van der Waals surface area contributed by atoms with Crippen LogP contribution in [0.2, 0.25) is 0 Å². The standard InChI is InChI=1S/C15H27NO/c1-3-13-6-8-14(9-7-13)11-12(2)16-10-4-5-15(16)17/h12-14H,3-11H2,1-2H3. The summed E-state index contributed by atoms with van der Waals surface area (Å²) in [7, 11) is 0. The normalized spacial score (nSPS) is 31.9. The molecule has 2 fully saturated rings. The first kappa shape index (κ1) is 12.9. The van der Waals surface area contributed by atoms with Gasteiger partial charge in [0.05, 0.1) is 0 Å². The highest BCUT2D eigenvalue weighted by Crippen LogP contribution is 2.34. The first-order chi connectivity index (χ1) is 8.20. The molecule has 0 N–H and O–H groups in total. The lowest BCUT2D eigenvalue weighted by Crippen LogP contribution is -2.35. The Hall–Kier alpha value is -0.530. The summed E-state index contributed by atoms with van der Waals surface area (Å²) in [6.07, 6.45) is 10.1. The summed E-state index contributed by atoms with van der Waals surface area (Å²) in [6, 6.07) is 0.480. The molecule has 0 aromatic carbocycles. The van der Waals surface area contributed by atoms with E-state index in [9.17, 15) is 4.79 Å². The molecule has 1 atom stereocenters. The van der Waals surface area contributed by atoms with Crippen molar-refractivity contribution in [2.24, 2.45) is 11.8 Å². The van der Waals surface area contributed by atoms with Gasteiger partial charge in [-0.25, -0.2) is 0 Å². The van der Waals surface area contributed by atoms with Gasteiger partial charge in [-0.3, -0.25) is 4.79 Å². The van der Waals surface area contributed by atoms with Crippen molar-refractivity contribution in [1.29, 1.82) is 0 Å². The zero-order valence-electron chi connectivity index (χ0n) is 11.5. The molecule has 1 unspecified atom stereocenters. The van der Waals surface area contributed by atoms with E-state index >= 15 is 0 Å². The molecule has 1 saturated carbocycles. The quantitative estimate of drug-likeness (QED) is 0.731. The van der Waals surface area contributed by atoms with Crippen molar-refractivity contribution in [1.82, 2.24) is 4.90 Å². The number of carbonyl (C=O) groups is 1. The van der Waals surface area contributed by atoms with E-state index in [-0.39, 0.29) is 0 Å². The lowest BCUT2D eigenvalue weighted by Gasteiger charge is -2.32. The molecule has 2 rings (SSSR count). The van der Waals surface area contributed by atoms with Crippen molar-refractivity contribution >= 4 is 5.91 Å². The zero-order chi connectivity index (χ0) is 12.3. The number of amides is 1. The number of rotatable bonds is 4. The summed E-state index contributed by atoms with van der Waals surface area (Å²) in [5.74, 6) is 2.25. The van der Waals surface area contributed by atoms with Crippen LogP contribution in [0.5, 0.6) is 0 Å². The molecule has 2 heteroatoms. The van der Waals surface area contributed by atoms with Gasteiger partial charge in [0, 0.05) is 19.0 Å². The van der Waals surface area contributed by atoms with Crippen molar-refractivity contribution in [3.8, 4) is 0 Å². The Bertz CT molecular complexity index is 256. The Morgan fingerprint density at radius 2 is 1.88 bits per heavy atom. The number of likely N-dealkylation sites (tertiary alicyclic amines) is 1. The summed E-state index contributed by atoms with van der Waals surface area (Å²) >= 11 is 0. The second-order valence-electron chi connectivity index (χ2n) is 6.07. The summed E-state index contributed by atoms with van der Waals surface area (Å²) in [6.45, 7) is 5.57. The molecule has 98 valence electrons. The predicted octanol–water partition coefficient (Wildman–Crippen LogP) is 3.60. The lowest BCUT2D eigenvalue weighted by atomic mass is 9.78. The van der Waals surface area contributed by atoms with E-state index in [1.807, 2.05) is 0 Å². The molecule has 1 saturated heterocycles. The van der Waals surface area contributed by atoms with Crippen molar-refractivity contribution in [3.05, 3.63) is 0 Å². The minimum absolute atomic E-state index is 0.389. The van der Waals surface area contributed by atoms with Gasteiger partial charge in [0.25, 0.3) is 0 Å². The molecule has 1 aliphatic heterocycles. The molecule has 1 heterocycles. The van der Waals surface area contributed by atoms with Crippen molar-refractivity contribution in [2.45, 2.75) is 71.3 Å². The Balaban J connectivity index is 1.75. The first-order valence-electron chi connectivity index (χ1n) is 7.50. The highest BCUT2D eigenvalue weighted by Gasteiger charge is 2.28. The Kier molecular flexibility index (Phi) is 4.47. The van der Waals surface area contributed by atoms with Gasteiger partial charge in [0.1, 0.15) is 0 Å². The fraction of sp³-hybridized carbons (Fsp3) is 0.933. The van der Waals surface area contributed by atoms with Gasteiger partial charge < -0.3 is 4.90 Å². The maximum Gasteiger partial charge on any atom is 0.222 e. The molecule has 1 amide bonds. The molecule has 17 heavy (non-hydrogen) atoms. The lowest BCUT2D eigenvalue weighted by molar-refractivity contribution is -0.129. The van der Waals surface area contributed by atoms with Crippen LogP contribution < -0.4 is 0 Å². The Labute approximate surface area is 106 Å². The van der Waals surface area contributed by atoms with Crippen LogP contribution in [0, 0.1) is 11.8 Å². The van der Waals surface area contributed by atoms with Crippen LogP contribution in [-0.4, -0.2) is 23.4 Å². The van der Waals surface area contributed by atoms with Gasteiger partial charge in [-0.2, -0.15) is 0 Å². The maximum atomic E-state index is 11.7. The van der Waals surface area contributed by atoms with Gasteiger partial charge in [-0.1, -0.05) is 39.0 Å². The number of hydrogen-bond donors (Lipinski definition) is 0. The van der Waals surface area contributed by atoms with E-state index in [2.05, 4.69) is 18.7 Å². The minimum Gasteiger partial charge on any atom is -0.340 e. The number of nitrogens with zero attached hydrogens (tertiary/aromatic N) is 1. The van der Waals surface area contributed by atoms with E-state index in [1.165, 1.54) is 38.5 Å². The van der Waals surface area contributed by atoms with Crippen molar-refractivity contribution in [3.63, 3.8) is 0 Å². The summed E-state index contributed by atoms with van der Waals surface area (Å²) in [4.78, 5) is 13.8. The van der Waals surface area contributed by atoms with Gasteiger partial charge in [-0.05, 0) is 31.6 Å².